The van der Waals surface area contributed by atoms with Crippen molar-refractivity contribution in [2.75, 3.05) is 5.32 Å². The molecule has 1 aromatic carbocycles. The van der Waals surface area contributed by atoms with Gasteiger partial charge in [0.2, 0.25) is 11.8 Å². The van der Waals surface area contributed by atoms with Crippen molar-refractivity contribution in [1.29, 1.82) is 0 Å². The van der Waals surface area contributed by atoms with Crippen molar-refractivity contribution in [1.82, 2.24) is 25.8 Å². The molecule has 3 aromatic rings. The number of amides is 2. The first kappa shape index (κ1) is 29.1. The second kappa shape index (κ2) is 10.8. The Kier molecular flexibility index (Phi) is 7.31. The van der Waals surface area contributed by atoms with Gasteiger partial charge in [0.1, 0.15) is 21.1 Å². The highest BCUT2D eigenvalue weighted by Crippen LogP contribution is 2.63. The molecule has 226 valence electrons. The average molecular weight is 640 g/mol. The number of halogens is 2. The monoisotopic (exact) mass is 638 g/mol. The zero-order valence-corrected chi connectivity index (χ0v) is 26.7. The van der Waals surface area contributed by atoms with Gasteiger partial charge in [0.15, 0.2) is 0 Å². The lowest BCUT2D eigenvalue weighted by atomic mass is 9.53. The van der Waals surface area contributed by atoms with Crippen molar-refractivity contribution in [3.05, 3.63) is 68.3 Å². The van der Waals surface area contributed by atoms with Crippen molar-refractivity contribution in [3.63, 3.8) is 0 Å². The zero-order chi connectivity index (χ0) is 30.0. The van der Waals surface area contributed by atoms with Crippen molar-refractivity contribution in [2.45, 2.75) is 100 Å². The number of hydrogen-bond acceptors (Lipinski definition) is 7. The molecule has 2 saturated carbocycles. The predicted molar refractivity (Wildman–Crippen MR) is 169 cm³/mol. The van der Waals surface area contributed by atoms with Gasteiger partial charge in [-0.25, -0.2) is 4.98 Å². The van der Waals surface area contributed by atoms with E-state index in [2.05, 4.69) is 45.0 Å². The molecule has 7 rings (SSSR count). The second-order valence-electron chi connectivity index (χ2n) is 13.5. The molecule has 2 spiro atoms. The van der Waals surface area contributed by atoms with Crippen LogP contribution < -0.4 is 16.0 Å². The van der Waals surface area contributed by atoms with Crippen LogP contribution in [0.25, 0.3) is 0 Å². The minimum absolute atomic E-state index is 0.0569. The molecule has 0 bridgehead atoms. The van der Waals surface area contributed by atoms with Crippen molar-refractivity contribution in [2.24, 2.45) is 5.41 Å². The maximum atomic E-state index is 14.6. The van der Waals surface area contributed by atoms with E-state index in [1.807, 2.05) is 30.3 Å². The molecule has 0 unspecified atom stereocenters. The molecular formula is C32H36Cl2N6O2S. The van der Waals surface area contributed by atoms with Crippen LogP contribution in [0.4, 0.5) is 5.69 Å². The van der Waals surface area contributed by atoms with E-state index in [1.165, 1.54) is 0 Å². The molecule has 4 heterocycles. The first-order valence-electron chi connectivity index (χ1n) is 15.2. The fourth-order valence-electron chi connectivity index (χ4n) is 8.43. The molecule has 2 aliphatic carbocycles. The fraction of sp³-hybridized carbons (Fsp3) is 0.531. The standard InChI is InChI=1S/C32H36Cl2N6O2S/c1-30(2)10-12-31(13-11-30)32(22-8-5-20(33)16-23(22)38-29(32)42)25(19-9-14-35-24(34)15-19)26(39-31)27(41)37-21-6-3-18(4-7-21)28-40-36-17-43-28/h5,8-9,14-18,21,25-26,39H,3-4,6-7,10-13H2,1-2H3,(H,37,41)(H,38,42)/t18?,21?,25-,26+,32+/m0/s1. The SMILES string of the molecule is CC1(C)CCC2(CC1)N[C@@H](C(=O)NC1CCC(c3nncs3)CC1)[C@H](c1ccnc(Cl)c1)[C@]21C(=O)Nc2cc(Cl)ccc21. The highest BCUT2D eigenvalue weighted by Gasteiger charge is 2.72. The molecule has 3 atom stereocenters. The first-order chi connectivity index (χ1) is 20.6. The normalized spacial score (nSPS) is 30.7. The minimum Gasteiger partial charge on any atom is -0.352 e. The Morgan fingerprint density at radius 3 is 2.51 bits per heavy atom. The van der Waals surface area contributed by atoms with Crippen LogP contribution in [0.3, 0.4) is 0 Å². The van der Waals surface area contributed by atoms with E-state index in [0.717, 1.165) is 67.5 Å². The van der Waals surface area contributed by atoms with Crippen LogP contribution in [0, 0.1) is 5.41 Å². The Bertz CT molecular complexity index is 1550. The Balaban J connectivity index is 1.29. The number of nitrogens with one attached hydrogen (secondary N) is 3. The topological polar surface area (TPSA) is 109 Å². The number of carbonyl (C=O) groups excluding carboxylic acids is 2. The van der Waals surface area contributed by atoms with E-state index >= 15 is 0 Å². The third kappa shape index (κ3) is 4.78. The minimum atomic E-state index is -1.04. The number of aromatic nitrogens is 3. The van der Waals surface area contributed by atoms with E-state index in [4.69, 9.17) is 23.2 Å². The summed E-state index contributed by atoms with van der Waals surface area (Å²) in [7, 11) is 0. The molecule has 43 heavy (non-hydrogen) atoms. The first-order valence-corrected chi connectivity index (χ1v) is 16.8. The quantitative estimate of drug-likeness (QED) is 0.287. The summed E-state index contributed by atoms with van der Waals surface area (Å²) in [5.74, 6) is -0.287. The van der Waals surface area contributed by atoms with Gasteiger partial charge in [0.25, 0.3) is 0 Å². The molecule has 2 amide bonds. The molecular weight excluding hydrogens is 603 g/mol. The number of pyridine rings is 1. The Morgan fingerprint density at radius 2 is 1.81 bits per heavy atom. The summed E-state index contributed by atoms with van der Waals surface area (Å²) in [5, 5.41) is 20.7. The smallest absolute Gasteiger partial charge is 0.238 e. The molecule has 2 aromatic heterocycles. The van der Waals surface area contributed by atoms with Crippen LogP contribution in [0.5, 0.6) is 0 Å². The summed E-state index contributed by atoms with van der Waals surface area (Å²) in [5.41, 5.74) is 2.68. The third-order valence-corrected chi connectivity index (χ3v) is 11.9. The van der Waals surface area contributed by atoms with Gasteiger partial charge in [-0.1, -0.05) is 43.1 Å². The third-order valence-electron chi connectivity index (χ3n) is 10.6. The van der Waals surface area contributed by atoms with E-state index in [1.54, 1.807) is 23.0 Å². The van der Waals surface area contributed by atoms with Crippen LogP contribution in [-0.2, 0) is 15.0 Å². The van der Waals surface area contributed by atoms with E-state index in [0.29, 0.717) is 21.8 Å². The van der Waals surface area contributed by atoms with Crippen molar-refractivity contribution in [3.8, 4) is 0 Å². The average Bonchev–Trinajstić information content (AvgIpc) is 3.68. The molecule has 8 nitrogen and oxygen atoms in total. The summed E-state index contributed by atoms with van der Waals surface area (Å²) < 4.78 is 0. The molecule has 0 radical (unpaired) electrons. The molecule has 3 fully saturated rings. The van der Waals surface area contributed by atoms with E-state index in [-0.39, 0.29) is 23.3 Å². The predicted octanol–water partition coefficient (Wildman–Crippen LogP) is 6.37. The number of carbonyl (C=O) groups is 2. The molecule has 2 aliphatic heterocycles. The van der Waals surface area contributed by atoms with E-state index < -0.39 is 22.9 Å². The van der Waals surface area contributed by atoms with Crippen molar-refractivity contribution >= 4 is 52.0 Å². The molecule has 1 saturated heterocycles. The largest absolute Gasteiger partial charge is 0.352 e. The van der Waals surface area contributed by atoms with Gasteiger partial charge >= 0.3 is 0 Å². The summed E-state index contributed by atoms with van der Waals surface area (Å²) in [6, 6.07) is 8.78. The van der Waals surface area contributed by atoms with Crippen LogP contribution in [0.2, 0.25) is 10.2 Å². The highest BCUT2D eigenvalue weighted by atomic mass is 35.5. The summed E-state index contributed by atoms with van der Waals surface area (Å²) in [4.78, 5) is 33.3. The molecule has 3 N–H and O–H groups in total. The number of rotatable bonds is 4. The van der Waals surface area contributed by atoms with E-state index in [9.17, 15) is 9.59 Å². The van der Waals surface area contributed by atoms with Gasteiger partial charge in [-0.3, -0.25) is 14.9 Å². The van der Waals surface area contributed by atoms with Crippen LogP contribution in [0.1, 0.15) is 93.2 Å². The summed E-state index contributed by atoms with van der Waals surface area (Å²) in [6.45, 7) is 4.57. The van der Waals surface area contributed by atoms with Gasteiger partial charge in [-0.2, -0.15) is 0 Å². The number of benzene rings is 1. The molecule has 4 aliphatic rings. The molecule has 11 heteroatoms. The van der Waals surface area contributed by atoms with Gasteiger partial charge in [-0.05, 0) is 92.2 Å². The Hall–Kier alpha value is -2.59. The zero-order valence-electron chi connectivity index (χ0n) is 24.3. The van der Waals surface area contributed by atoms with Gasteiger partial charge < -0.3 is 10.6 Å². The lowest BCUT2D eigenvalue weighted by Crippen LogP contribution is -2.61. The summed E-state index contributed by atoms with van der Waals surface area (Å²) in [6.07, 6.45) is 8.74. The lowest BCUT2D eigenvalue weighted by molar-refractivity contribution is -0.125. The van der Waals surface area contributed by atoms with Crippen LogP contribution in [0.15, 0.2) is 42.0 Å². The van der Waals surface area contributed by atoms with Gasteiger partial charge in [0.05, 0.1) is 6.04 Å². The van der Waals surface area contributed by atoms with Crippen LogP contribution >= 0.6 is 34.5 Å². The maximum absolute atomic E-state index is 14.6. The second-order valence-corrected chi connectivity index (χ2v) is 15.2. The highest BCUT2D eigenvalue weighted by molar-refractivity contribution is 7.09. The fourth-order valence-corrected chi connectivity index (χ4v) is 9.51. The Labute approximate surface area is 265 Å². The number of fused-ring (bicyclic) bond motifs is 3. The van der Waals surface area contributed by atoms with Gasteiger partial charge in [0, 0.05) is 40.3 Å². The lowest BCUT2D eigenvalue weighted by Gasteiger charge is -2.50. The van der Waals surface area contributed by atoms with Gasteiger partial charge in [-0.15, -0.1) is 21.5 Å². The Morgan fingerprint density at radius 1 is 1.05 bits per heavy atom. The summed E-state index contributed by atoms with van der Waals surface area (Å²) >= 11 is 14.5. The van der Waals surface area contributed by atoms with Crippen LogP contribution in [-0.4, -0.2) is 44.6 Å². The number of hydrogen-bond donors (Lipinski definition) is 3. The number of anilines is 1. The van der Waals surface area contributed by atoms with Crippen molar-refractivity contribution < 1.29 is 9.59 Å². The maximum Gasteiger partial charge on any atom is 0.238 e. The number of nitrogens with zero attached hydrogens (tertiary/aromatic N) is 3.